The largest absolute Gasteiger partial charge is 0.341 e. The highest BCUT2D eigenvalue weighted by Crippen LogP contribution is 2.26. The molecule has 2 N–H and O–H groups in total. The normalized spacial score (nSPS) is 28.2. The van der Waals surface area contributed by atoms with Crippen molar-refractivity contribution in [3.8, 4) is 0 Å². The summed E-state index contributed by atoms with van der Waals surface area (Å²) in [6.07, 6.45) is 6.11. The predicted molar refractivity (Wildman–Crippen MR) is 53.6 cm³/mol. The summed E-state index contributed by atoms with van der Waals surface area (Å²) in [4.78, 5) is 11.0. The van der Waals surface area contributed by atoms with E-state index in [9.17, 15) is 4.79 Å². The zero-order valence-corrected chi connectivity index (χ0v) is 8.60. The molecule has 2 amide bonds. The highest BCUT2D eigenvalue weighted by molar-refractivity contribution is 5.73. The van der Waals surface area contributed by atoms with Crippen molar-refractivity contribution in [1.82, 2.24) is 10.6 Å². The molecule has 0 aromatic carbocycles. The molecule has 1 fully saturated rings. The van der Waals surface area contributed by atoms with Crippen molar-refractivity contribution in [3.05, 3.63) is 0 Å². The van der Waals surface area contributed by atoms with Crippen LogP contribution >= 0.6 is 0 Å². The fourth-order valence-electron chi connectivity index (χ4n) is 1.97. The van der Waals surface area contributed by atoms with E-state index in [0.29, 0.717) is 6.04 Å². The molecule has 1 aliphatic rings. The van der Waals surface area contributed by atoms with E-state index in [-0.39, 0.29) is 6.03 Å². The van der Waals surface area contributed by atoms with Crippen LogP contribution in [0.25, 0.3) is 0 Å². The van der Waals surface area contributed by atoms with Crippen LogP contribution in [-0.4, -0.2) is 19.1 Å². The lowest BCUT2D eigenvalue weighted by molar-refractivity contribution is 0.228. The summed E-state index contributed by atoms with van der Waals surface area (Å²) in [5.41, 5.74) is 0. The van der Waals surface area contributed by atoms with Gasteiger partial charge in [0.15, 0.2) is 0 Å². The Morgan fingerprint density at radius 2 is 1.92 bits per heavy atom. The van der Waals surface area contributed by atoms with Crippen molar-refractivity contribution in [2.45, 2.75) is 45.1 Å². The third kappa shape index (κ3) is 3.25. The van der Waals surface area contributed by atoms with Gasteiger partial charge in [-0.2, -0.15) is 0 Å². The fraction of sp³-hybridized carbons (Fsp3) is 0.900. The number of carbonyl (C=O) groups is 1. The highest BCUT2D eigenvalue weighted by Gasteiger charge is 2.20. The molecule has 0 aromatic rings. The van der Waals surface area contributed by atoms with Crippen LogP contribution in [0.15, 0.2) is 0 Å². The van der Waals surface area contributed by atoms with Crippen LogP contribution in [0.1, 0.15) is 39.0 Å². The molecule has 0 aromatic heterocycles. The zero-order valence-electron chi connectivity index (χ0n) is 8.60. The molecular formula is C10H20N2O. The second-order valence-corrected chi connectivity index (χ2v) is 3.85. The highest BCUT2D eigenvalue weighted by atomic mass is 16.2. The molecule has 0 saturated heterocycles. The summed E-state index contributed by atoms with van der Waals surface area (Å²) in [5.74, 6) is 0.891. The Morgan fingerprint density at radius 1 is 1.31 bits per heavy atom. The molecule has 13 heavy (non-hydrogen) atoms. The van der Waals surface area contributed by atoms with Crippen molar-refractivity contribution in [3.63, 3.8) is 0 Å². The van der Waals surface area contributed by atoms with E-state index in [4.69, 9.17) is 0 Å². The van der Waals surface area contributed by atoms with Crippen LogP contribution in [0.2, 0.25) is 0 Å². The number of rotatable bonds is 2. The lowest BCUT2D eigenvalue weighted by Gasteiger charge is -2.28. The molecule has 1 aliphatic carbocycles. The average Bonchev–Trinajstić information content (AvgIpc) is 2.19. The Balaban J connectivity index is 2.21. The molecule has 1 rings (SSSR count). The van der Waals surface area contributed by atoms with E-state index in [1.807, 2.05) is 0 Å². The van der Waals surface area contributed by atoms with Gasteiger partial charge in [-0.1, -0.05) is 13.3 Å². The third-order valence-electron chi connectivity index (χ3n) is 2.99. The van der Waals surface area contributed by atoms with Crippen LogP contribution in [0.3, 0.4) is 0 Å². The predicted octanol–water partition coefficient (Wildman–Crippen LogP) is 1.88. The van der Waals surface area contributed by atoms with Crippen molar-refractivity contribution in [1.29, 1.82) is 0 Å². The lowest BCUT2D eigenvalue weighted by atomic mass is 9.85. The van der Waals surface area contributed by atoms with Crippen molar-refractivity contribution in [2.75, 3.05) is 7.05 Å². The van der Waals surface area contributed by atoms with Gasteiger partial charge in [-0.3, -0.25) is 0 Å². The molecular weight excluding hydrogens is 164 g/mol. The van der Waals surface area contributed by atoms with Crippen molar-refractivity contribution in [2.24, 2.45) is 5.92 Å². The van der Waals surface area contributed by atoms with Gasteiger partial charge in [0.1, 0.15) is 0 Å². The molecule has 3 heteroatoms. The third-order valence-corrected chi connectivity index (χ3v) is 2.99. The molecule has 0 radical (unpaired) electrons. The van der Waals surface area contributed by atoms with E-state index in [2.05, 4.69) is 17.6 Å². The number of urea groups is 1. The molecule has 0 aliphatic heterocycles. The van der Waals surface area contributed by atoms with Gasteiger partial charge in [0.05, 0.1) is 0 Å². The van der Waals surface area contributed by atoms with Gasteiger partial charge in [-0.15, -0.1) is 0 Å². The molecule has 0 spiro atoms. The fourth-order valence-corrected chi connectivity index (χ4v) is 1.97. The van der Waals surface area contributed by atoms with Crippen molar-refractivity contribution < 1.29 is 4.79 Å². The second-order valence-electron chi connectivity index (χ2n) is 3.85. The molecule has 0 bridgehead atoms. The van der Waals surface area contributed by atoms with Gasteiger partial charge in [-0.05, 0) is 31.6 Å². The molecule has 3 nitrogen and oxygen atoms in total. The number of carbonyl (C=O) groups excluding carboxylic acids is 1. The first-order valence-corrected chi connectivity index (χ1v) is 5.24. The summed E-state index contributed by atoms with van der Waals surface area (Å²) in [6, 6.07) is 0.364. The molecule has 76 valence electrons. The van der Waals surface area contributed by atoms with Crippen molar-refractivity contribution >= 4 is 6.03 Å². The van der Waals surface area contributed by atoms with Gasteiger partial charge in [0, 0.05) is 13.1 Å². The quantitative estimate of drug-likeness (QED) is 0.676. The monoisotopic (exact) mass is 184 g/mol. The first-order chi connectivity index (χ1) is 6.26. The maximum Gasteiger partial charge on any atom is 0.314 e. The smallest absolute Gasteiger partial charge is 0.314 e. The minimum Gasteiger partial charge on any atom is -0.341 e. The summed E-state index contributed by atoms with van der Waals surface area (Å²) in [5, 5.41) is 5.55. The lowest BCUT2D eigenvalue weighted by Crippen LogP contribution is -2.42. The van der Waals surface area contributed by atoms with Gasteiger partial charge in [0.25, 0.3) is 0 Å². The van der Waals surface area contributed by atoms with Gasteiger partial charge < -0.3 is 10.6 Å². The minimum atomic E-state index is -0.0417. The summed E-state index contributed by atoms with van der Waals surface area (Å²) < 4.78 is 0. The Hall–Kier alpha value is -0.730. The topological polar surface area (TPSA) is 41.1 Å². The first kappa shape index (κ1) is 10.4. The van der Waals surface area contributed by atoms with Crippen LogP contribution in [0, 0.1) is 5.92 Å². The number of nitrogens with one attached hydrogen (secondary N) is 2. The minimum absolute atomic E-state index is 0.0417. The molecule has 0 unspecified atom stereocenters. The maximum atomic E-state index is 11.0. The van der Waals surface area contributed by atoms with Crippen LogP contribution in [0.5, 0.6) is 0 Å². The molecule has 0 atom stereocenters. The van der Waals surface area contributed by atoms with Crippen LogP contribution in [0.4, 0.5) is 4.79 Å². The van der Waals surface area contributed by atoms with E-state index in [1.165, 1.54) is 19.3 Å². The SMILES string of the molecule is CCC1CCC(NC(=O)NC)CC1. The number of hydrogen-bond donors (Lipinski definition) is 2. The zero-order chi connectivity index (χ0) is 9.68. The van der Waals surface area contributed by atoms with Crippen LogP contribution in [-0.2, 0) is 0 Å². The Bertz CT molecular complexity index is 162. The van der Waals surface area contributed by atoms with Gasteiger partial charge >= 0.3 is 6.03 Å². The Morgan fingerprint density at radius 3 is 2.38 bits per heavy atom. The Kier molecular flexibility index (Phi) is 4.06. The maximum absolute atomic E-state index is 11.0. The standard InChI is InChI=1S/C10H20N2O/c1-3-8-4-6-9(7-5-8)12-10(13)11-2/h8-9H,3-7H2,1-2H3,(H2,11,12,13). The number of hydrogen-bond acceptors (Lipinski definition) is 1. The second kappa shape index (κ2) is 5.10. The number of amides is 2. The van der Waals surface area contributed by atoms with E-state index < -0.39 is 0 Å². The average molecular weight is 184 g/mol. The van der Waals surface area contributed by atoms with E-state index in [1.54, 1.807) is 7.05 Å². The van der Waals surface area contributed by atoms with E-state index >= 15 is 0 Å². The van der Waals surface area contributed by atoms with Crippen LogP contribution < -0.4 is 10.6 Å². The summed E-state index contributed by atoms with van der Waals surface area (Å²) >= 11 is 0. The molecule has 0 heterocycles. The summed E-state index contributed by atoms with van der Waals surface area (Å²) in [6.45, 7) is 2.25. The Labute approximate surface area is 80.3 Å². The first-order valence-electron chi connectivity index (χ1n) is 5.24. The summed E-state index contributed by atoms with van der Waals surface area (Å²) in [7, 11) is 1.66. The molecule has 1 saturated carbocycles. The van der Waals surface area contributed by atoms with Gasteiger partial charge in [0.2, 0.25) is 0 Å². The van der Waals surface area contributed by atoms with E-state index in [0.717, 1.165) is 18.8 Å². The van der Waals surface area contributed by atoms with Gasteiger partial charge in [-0.25, -0.2) is 4.79 Å².